The van der Waals surface area contributed by atoms with Crippen molar-refractivity contribution in [2.75, 3.05) is 0 Å². The van der Waals surface area contributed by atoms with Gasteiger partial charge in [0.15, 0.2) is 0 Å². The van der Waals surface area contributed by atoms with Crippen LogP contribution in [-0.2, 0) is 5.41 Å². The summed E-state index contributed by atoms with van der Waals surface area (Å²) in [5, 5.41) is 3.75. The first kappa shape index (κ1) is 21.4. The van der Waals surface area contributed by atoms with Crippen molar-refractivity contribution in [1.29, 1.82) is 0 Å². The van der Waals surface area contributed by atoms with Gasteiger partial charge < -0.3 is 0 Å². The van der Waals surface area contributed by atoms with E-state index in [0.29, 0.717) is 21.7 Å². The zero-order valence-corrected chi connectivity index (χ0v) is 21.0. The van der Waals surface area contributed by atoms with Crippen LogP contribution in [0.2, 0.25) is 5.02 Å². The number of hydrogen-bond acceptors (Lipinski definition) is 2. The van der Waals surface area contributed by atoms with Gasteiger partial charge in [-0.05, 0) is 105 Å². The number of rotatable bonds is 4. The largest absolute Gasteiger partial charge is 0.295 e. The van der Waals surface area contributed by atoms with E-state index in [4.69, 9.17) is 11.6 Å². The Kier molecular flexibility index (Phi) is 5.19. The Hall–Kier alpha value is -2.11. The maximum atomic E-state index is 13.2. The number of hydrogen-bond donors (Lipinski definition) is 1. The molecule has 4 aliphatic carbocycles. The van der Waals surface area contributed by atoms with E-state index in [9.17, 15) is 4.79 Å². The summed E-state index contributed by atoms with van der Waals surface area (Å²) in [5.41, 5.74) is 4.54. The molecule has 4 aliphatic rings. The molecule has 1 heterocycles. The fraction of sp³-hybridized carbons (Fsp3) is 0.407. The molecule has 0 atom stereocenters. The number of aryl methyl sites for hydroxylation is 1. The van der Waals surface area contributed by atoms with Crippen LogP contribution in [0.3, 0.4) is 0 Å². The molecule has 1 N–H and O–H groups in total. The zero-order valence-electron chi connectivity index (χ0n) is 18.7. The van der Waals surface area contributed by atoms with Crippen molar-refractivity contribution in [3.63, 3.8) is 0 Å². The molecule has 170 valence electrons. The van der Waals surface area contributed by atoms with E-state index < -0.39 is 0 Å². The lowest BCUT2D eigenvalue weighted by Gasteiger charge is -2.57. The molecule has 0 amide bonds. The van der Waals surface area contributed by atoms with E-state index >= 15 is 0 Å². The summed E-state index contributed by atoms with van der Waals surface area (Å²) in [7, 11) is 0. The zero-order chi connectivity index (χ0) is 22.7. The maximum absolute atomic E-state index is 13.2. The molecule has 0 aliphatic heterocycles. The van der Waals surface area contributed by atoms with Crippen LogP contribution in [0.4, 0.5) is 5.69 Å². The average molecular weight is 525 g/mol. The molecule has 0 saturated heterocycles. The molecule has 0 spiro atoms. The third-order valence-electron chi connectivity index (χ3n) is 8.14. The van der Waals surface area contributed by atoms with E-state index in [-0.39, 0.29) is 5.56 Å². The number of H-pyrrole nitrogens is 1. The predicted octanol–water partition coefficient (Wildman–Crippen LogP) is 7.11. The predicted molar refractivity (Wildman–Crippen MR) is 137 cm³/mol. The molecule has 0 radical (unpaired) electrons. The highest BCUT2D eigenvalue weighted by atomic mass is 79.9. The molecular formula is C27H27BrClN3O. The van der Waals surface area contributed by atoms with Gasteiger partial charge in [0.25, 0.3) is 5.56 Å². The van der Waals surface area contributed by atoms with Crippen LogP contribution in [0.15, 0.2) is 56.7 Å². The number of halogens is 2. The lowest BCUT2D eigenvalue weighted by molar-refractivity contribution is -0.00518. The highest BCUT2D eigenvalue weighted by molar-refractivity contribution is 9.10. The van der Waals surface area contributed by atoms with E-state index in [1.807, 2.05) is 19.1 Å². The van der Waals surface area contributed by atoms with Gasteiger partial charge >= 0.3 is 0 Å². The van der Waals surface area contributed by atoms with Crippen molar-refractivity contribution in [1.82, 2.24) is 9.78 Å². The minimum absolute atomic E-state index is 0.105. The molecule has 33 heavy (non-hydrogen) atoms. The average Bonchev–Trinajstić information content (AvgIpc) is 3.06. The fourth-order valence-corrected chi connectivity index (χ4v) is 7.76. The Labute approximate surface area is 207 Å². The Morgan fingerprint density at radius 2 is 1.70 bits per heavy atom. The van der Waals surface area contributed by atoms with Crippen molar-refractivity contribution < 1.29 is 0 Å². The minimum Gasteiger partial charge on any atom is -0.295 e. The second-order valence-corrected chi connectivity index (χ2v) is 11.7. The number of nitrogens with zero attached hydrogens (tertiary/aromatic N) is 2. The number of aromatic nitrogens is 2. The van der Waals surface area contributed by atoms with E-state index in [2.05, 4.69) is 50.3 Å². The summed E-state index contributed by atoms with van der Waals surface area (Å²) >= 11 is 9.67. The fourth-order valence-electron chi connectivity index (χ4n) is 7.04. The quantitative estimate of drug-likeness (QED) is 0.363. The van der Waals surface area contributed by atoms with E-state index in [1.54, 1.807) is 17.0 Å². The second kappa shape index (κ2) is 7.99. The molecule has 3 aromatic rings. The molecule has 2 aromatic carbocycles. The summed E-state index contributed by atoms with van der Waals surface area (Å²) in [6.07, 6.45) is 9.99. The van der Waals surface area contributed by atoms with Crippen molar-refractivity contribution >= 4 is 39.4 Å². The number of aromatic amines is 1. The summed E-state index contributed by atoms with van der Waals surface area (Å²) < 4.78 is 2.51. The second-order valence-electron chi connectivity index (χ2n) is 10.4. The lowest BCUT2D eigenvalue weighted by Crippen LogP contribution is -2.48. The highest BCUT2D eigenvalue weighted by Gasteiger charge is 2.51. The SMILES string of the molecule is Cc1[nH]n(-c2ccc(C34CC5CC(CC(C5)C3)C4)cc2)c(=O)c1C=Nc1ccc(Br)cc1Cl. The lowest BCUT2D eigenvalue weighted by atomic mass is 9.48. The molecule has 4 saturated carbocycles. The van der Waals surface area contributed by atoms with Crippen LogP contribution < -0.4 is 5.56 Å². The summed E-state index contributed by atoms with van der Waals surface area (Å²) in [6.45, 7) is 1.90. The smallest absolute Gasteiger partial charge is 0.280 e. The third kappa shape index (κ3) is 3.74. The van der Waals surface area contributed by atoms with Crippen molar-refractivity contribution in [3.8, 4) is 5.69 Å². The van der Waals surface area contributed by atoms with Crippen LogP contribution >= 0.6 is 27.5 Å². The van der Waals surface area contributed by atoms with Crippen molar-refractivity contribution in [2.45, 2.75) is 50.9 Å². The molecule has 1 aromatic heterocycles. The number of aliphatic imine (C=N–C) groups is 1. The normalized spacial score (nSPS) is 28.2. The Balaban J connectivity index is 1.28. The van der Waals surface area contributed by atoms with Gasteiger partial charge in [-0.2, -0.15) is 0 Å². The summed E-state index contributed by atoms with van der Waals surface area (Å²) in [5.74, 6) is 2.77. The molecule has 4 nitrogen and oxygen atoms in total. The summed E-state index contributed by atoms with van der Waals surface area (Å²) in [4.78, 5) is 17.6. The van der Waals surface area contributed by atoms with Gasteiger partial charge in [-0.25, -0.2) is 4.68 Å². The Bertz CT molecular complexity index is 1270. The molecule has 4 bridgehead atoms. The van der Waals surface area contributed by atoms with Gasteiger partial charge in [-0.3, -0.25) is 14.9 Å². The van der Waals surface area contributed by atoms with Gasteiger partial charge in [0.1, 0.15) is 0 Å². The van der Waals surface area contributed by atoms with Gasteiger partial charge in [-0.15, -0.1) is 0 Å². The molecule has 4 fully saturated rings. The van der Waals surface area contributed by atoms with Gasteiger partial charge in [0.05, 0.1) is 22.0 Å². The standard InChI is InChI=1S/C27H27BrClN3O/c1-16-23(15-30-25-7-4-21(28)11-24(25)29)26(33)32(31-16)22-5-2-20(3-6-22)27-12-17-8-18(13-27)10-19(9-17)14-27/h2-7,11,15,17-19,31H,8-10,12-14H2,1H3. The van der Waals surface area contributed by atoms with Crippen LogP contribution in [0.1, 0.15) is 55.3 Å². The van der Waals surface area contributed by atoms with Crippen LogP contribution in [0, 0.1) is 24.7 Å². The first-order valence-electron chi connectivity index (χ1n) is 11.8. The Morgan fingerprint density at radius 3 is 2.30 bits per heavy atom. The van der Waals surface area contributed by atoms with Gasteiger partial charge in [-0.1, -0.05) is 39.7 Å². The topological polar surface area (TPSA) is 50.1 Å². The van der Waals surface area contributed by atoms with Crippen LogP contribution in [0.25, 0.3) is 5.69 Å². The number of nitrogens with one attached hydrogen (secondary N) is 1. The molecular weight excluding hydrogens is 498 g/mol. The highest BCUT2D eigenvalue weighted by Crippen LogP contribution is 2.60. The molecule has 6 heteroatoms. The van der Waals surface area contributed by atoms with Crippen molar-refractivity contribution in [2.24, 2.45) is 22.7 Å². The summed E-state index contributed by atoms with van der Waals surface area (Å²) in [6, 6.07) is 14.2. The third-order valence-corrected chi connectivity index (χ3v) is 8.93. The van der Waals surface area contributed by atoms with Crippen LogP contribution in [0.5, 0.6) is 0 Å². The minimum atomic E-state index is -0.105. The first-order chi connectivity index (χ1) is 15.9. The maximum Gasteiger partial charge on any atom is 0.280 e. The Morgan fingerprint density at radius 1 is 1.06 bits per heavy atom. The first-order valence-corrected chi connectivity index (χ1v) is 13.0. The van der Waals surface area contributed by atoms with Crippen molar-refractivity contribution in [3.05, 3.63) is 79.1 Å². The van der Waals surface area contributed by atoms with E-state index in [0.717, 1.165) is 33.6 Å². The van der Waals surface area contributed by atoms with Gasteiger partial charge in [0, 0.05) is 16.4 Å². The van der Waals surface area contributed by atoms with E-state index in [1.165, 1.54) is 44.1 Å². The van der Waals surface area contributed by atoms with Crippen LogP contribution in [-0.4, -0.2) is 16.0 Å². The number of benzene rings is 2. The monoisotopic (exact) mass is 523 g/mol. The molecule has 7 rings (SSSR count). The molecule has 0 unspecified atom stereocenters. The van der Waals surface area contributed by atoms with Gasteiger partial charge in [0.2, 0.25) is 0 Å².